The fourth-order valence-corrected chi connectivity index (χ4v) is 2.56. The summed E-state index contributed by atoms with van der Waals surface area (Å²) in [5.74, 6) is 1.98. The highest BCUT2D eigenvalue weighted by molar-refractivity contribution is 7.99. The average Bonchev–Trinajstić information content (AvgIpc) is 2.27. The molecular formula is C13H21NOS. The van der Waals surface area contributed by atoms with Gasteiger partial charge in [0, 0.05) is 16.6 Å². The molecular weight excluding hydrogens is 218 g/mol. The Morgan fingerprint density at radius 1 is 1.44 bits per heavy atom. The SMILES string of the molecule is COc1ccc(C)cc1CSC(C)CCN. The van der Waals surface area contributed by atoms with Crippen molar-refractivity contribution in [3.05, 3.63) is 29.3 Å². The van der Waals surface area contributed by atoms with Crippen molar-refractivity contribution < 1.29 is 4.74 Å². The van der Waals surface area contributed by atoms with Gasteiger partial charge in [-0.3, -0.25) is 0 Å². The second-order valence-electron chi connectivity index (χ2n) is 4.01. The van der Waals surface area contributed by atoms with Crippen molar-refractivity contribution in [3.8, 4) is 5.75 Å². The lowest BCUT2D eigenvalue weighted by Gasteiger charge is -2.12. The van der Waals surface area contributed by atoms with E-state index in [4.69, 9.17) is 10.5 Å². The summed E-state index contributed by atoms with van der Waals surface area (Å²) in [4.78, 5) is 0. The molecule has 1 atom stereocenters. The first-order valence-electron chi connectivity index (χ1n) is 5.62. The van der Waals surface area contributed by atoms with Crippen molar-refractivity contribution in [1.29, 1.82) is 0 Å². The Kier molecular flexibility index (Phi) is 5.71. The molecule has 0 saturated carbocycles. The summed E-state index contributed by atoms with van der Waals surface area (Å²) in [7, 11) is 1.72. The summed E-state index contributed by atoms with van der Waals surface area (Å²) >= 11 is 1.93. The number of hydrogen-bond donors (Lipinski definition) is 1. The van der Waals surface area contributed by atoms with Gasteiger partial charge in [-0.1, -0.05) is 24.6 Å². The van der Waals surface area contributed by atoms with E-state index >= 15 is 0 Å². The van der Waals surface area contributed by atoms with Crippen LogP contribution in [0.4, 0.5) is 0 Å². The molecule has 90 valence electrons. The Morgan fingerprint density at radius 3 is 2.81 bits per heavy atom. The van der Waals surface area contributed by atoms with Gasteiger partial charge < -0.3 is 10.5 Å². The van der Waals surface area contributed by atoms with Gasteiger partial charge in [0.05, 0.1) is 7.11 Å². The number of aryl methyl sites for hydroxylation is 1. The highest BCUT2D eigenvalue weighted by Gasteiger charge is 2.06. The van der Waals surface area contributed by atoms with Crippen LogP contribution in [-0.4, -0.2) is 18.9 Å². The van der Waals surface area contributed by atoms with E-state index in [1.807, 2.05) is 17.8 Å². The molecule has 1 rings (SSSR count). The first kappa shape index (κ1) is 13.4. The second kappa shape index (κ2) is 6.81. The van der Waals surface area contributed by atoms with Gasteiger partial charge in [-0.15, -0.1) is 0 Å². The molecule has 1 aromatic rings. The number of methoxy groups -OCH3 is 1. The van der Waals surface area contributed by atoms with Crippen molar-refractivity contribution in [2.24, 2.45) is 5.73 Å². The third-order valence-electron chi connectivity index (χ3n) is 2.53. The fourth-order valence-electron chi connectivity index (χ4n) is 1.57. The lowest BCUT2D eigenvalue weighted by molar-refractivity contribution is 0.411. The third kappa shape index (κ3) is 4.06. The quantitative estimate of drug-likeness (QED) is 0.829. The number of ether oxygens (including phenoxy) is 1. The van der Waals surface area contributed by atoms with Crippen LogP contribution in [0.2, 0.25) is 0 Å². The monoisotopic (exact) mass is 239 g/mol. The summed E-state index contributed by atoms with van der Waals surface area (Å²) < 4.78 is 5.35. The van der Waals surface area contributed by atoms with Gasteiger partial charge in [-0.05, 0) is 26.0 Å². The van der Waals surface area contributed by atoms with E-state index in [-0.39, 0.29) is 0 Å². The molecule has 0 aliphatic carbocycles. The van der Waals surface area contributed by atoms with Crippen LogP contribution in [0, 0.1) is 6.92 Å². The van der Waals surface area contributed by atoms with E-state index in [1.165, 1.54) is 11.1 Å². The lowest BCUT2D eigenvalue weighted by atomic mass is 10.1. The van der Waals surface area contributed by atoms with Gasteiger partial charge in [0.25, 0.3) is 0 Å². The van der Waals surface area contributed by atoms with Gasteiger partial charge in [0.1, 0.15) is 5.75 Å². The largest absolute Gasteiger partial charge is 0.496 e. The molecule has 0 amide bonds. The molecule has 2 N–H and O–H groups in total. The zero-order chi connectivity index (χ0) is 12.0. The Labute approximate surface area is 103 Å². The summed E-state index contributed by atoms with van der Waals surface area (Å²) in [6.07, 6.45) is 1.07. The minimum absolute atomic E-state index is 0.607. The average molecular weight is 239 g/mol. The van der Waals surface area contributed by atoms with E-state index in [0.29, 0.717) is 5.25 Å². The molecule has 2 nitrogen and oxygen atoms in total. The minimum atomic E-state index is 0.607. The van der Waals surface area contributed by atoms with Crippen LogP contribution < -0.4 is 10.5 Å². The molecule has 0 heterocycles. The van der Waals surface area contributed by atoms with Crippen LogP contribution in [-0.2, 0) is 5.75 Å². The third-order valence-corrected chi connectivity index (χ3v) is 3.81. The van der Waals surface area contributed by atoms with Crippen molar-refractivity contribution in [2.75, 3.05) is 13.7 Å². The molecule has 0 saturated heterocycles. The normalized spacial score (nSPS) is 12.5. The van der Waals surface area contributed by atoms with Gasteiger partial charge in [0.15, 0.2) is 0 Å². The summed E-state index contributed by atoms with van der Waals surface area (Å²) in [5, 5.41) is 0.607. The van der Waals surface area contributed by atoms with Crippen molar-refractivity contribution in [3.63, 3.8) is 0 Å². The molecule has 0 radical (unpaired) electrons. The number of thioether (sulfide) groups is 1. The molecule has 0 spiro atoms. The van der Waals surface area contributed by atoms with Gasteiger partial charge in [-0.2, -0.15) is 11.8 Å². The second-order valence-corrected chi connectivity index (χ2v) is 5.44. The smallest absolute Gasteiger partial charge is 0.122 e. The standard InChI is InChI=1S/C13H21NOS/c1-10-4-5-13(15-3)12(8-10)9-16-11(2)6-7-14/h4-5,8,11H,6-7,9,14H2,1-3H3. The summed E-state index contributed by atoms with van der Waals surface area (Å²) in [6, 6.07) is 6.32. The predicted octanol–water partition coefficient (Wildman–Crippen LogP) is 2.97. The first-order valence-corrected chi connectivity index (χ1v) is 6.67. The van der Waals surface area contributed by atoms with Crippen LogP contribution in [0.3, 0.4) is 0 Å². The van der Waals surface area contributed by atoms with Crippen molar-refractivity contribution >= 4 is 11.8 Å². The number of benzene rings is 1. The molecule has 0 bridgehead atoms. The van der Waals surface area contributed by atoms with Crippen LogP contribution in [0.15, 0.2) is 18.2 Å². The Hall–Kier alpha value is -0.670. The fraction of sp³-hybridized carbons (Fsp3) is 0.538. The lowest BCUT2D eigenvalue weighted by Crippen LogP contribution is -2.07. The summed E-state index contributed by atoms with van der Waals surface area (Å²) in [6.45, 7) is 5.09. The number of rotatable bonds is 6. The predicted molar refractivity (Wildman–Crippen MR) is 72.2 cm³/mol. The van der Waals surface area contributed by atoms with Gasteiger partial charge >= 0.3 is 0 Å². The van der Waals surface area contributed by atoms with Crippen LogP contribution in [0.5, 0.6) is 5.75 Å². The topological polar surface area (TPSA) is 35.2 Å². The Bertz CT molecular complexity index is 328. The van der Waals surface area contributed by atoms with Crippen LogP contribution in [0.1, 0.15) is 24.5 Å². The van der Waals surface area contributed by atoms with Gasteiger partial charge in [0.2, 0.25) is 0 Å². The first-order chi connectivity index (χ1) is 7.67. The zero-order valence-electron chi connectivity index (χ0n) is 10.3. The molecule has 16 heavy (non-hydrogen) atoms. The van der Waals surface area contributed by atoms with Gasteiger partial charge in [-0.25, -0.2) is 0 Å². The Morgan fingerprint density at radius 2 is 2.19 bits per heavy atom. The Balaban J connectivity index is 2.61. The molecule has 0 fully saturated rings. The maximum atomic E-state index is 5.54. The van der Waals surface area contributed by atoms with Crippen molar-refractivity contribution in [2.45, 2.75) is 31.3 Å². The molecule has 1 aromatic carbocycles. The maximum Gasteiger partial charge on any atom is 0.122 e. The molecule has 0 aliphatic rings. The van der Waals surface area contributed by atoms with E-state index in [9.17, 15) is 0 Å². The van der Waals surface area contributed by atoms with E-state index in [0.717, 1.165) is 24.5 Å². The van der Waals surface area contributed by atoms with E-state index in [1.54, 1.807) is 7.11 Å². The van der Waals surface area contributed by atoms with Crippen molar-refractivity contribution in [1.82, 2.24) is 0 Å². The molecule has 0 aliphatic heterocycles. The highest BCUT2D eigenvalue weighted by atomic mass is 32.2. The van der Waals surface area contributed by atoms with E-state index in [2.05, 4.69) is 26.0 Å². The number of hydrogen-bond acceptors (Lipinski definition) is 3. The molecule has 0 aromatic heterocycles. The highest BCUT2D eigenvalue weighted by Crippen LogP contribution is 2.27. The number of nitrogens with two attached hydrogens (primary N) is 1. The molecule has 1 unspecified atom stereocenters. The van der Waals surface area contributed by atoms with Crippen LogP contribution in [0.25, 0.3) is 0 Å². The molecule has 3 heteroatoms. The van der Waals surface area contributed by atoms with Crippen LogP contribution >= 0.6 is 11.8 Å². The maximum absolute atomic E-state index is 5.54. The minimum Gasteiger partial charge on any atom is -0.496 e. The zero-order valence-corrected chi connectivity index (χ0v) is 11.1. The van der Waals surface area contributed by atoms with E-state index < -0.39 is 0 Å². The summed E-state index contributed by atoms with van der Waals surface area (Å²) in [5.41, 5.74) is 8.10.